The van der Waals surface area contributed by atoms with Crippen molar-refractivity contribution in [3.8, 4) is 11.5 Å². The zero-order valence-corrected chi connectivity index (χ0v) is 27.9. The van der Waals surface area contributed by atoms with E-state index in [1.807, 2.05) is 81.4 Å². The summed E-state index contributed by atoms with van der Waals surface area (Å²) < 4.78 is 14.1. The number of nitrogens with zero attached hydrogens (tertiary/aromatic N) is 3. The molecule has 0 spiro atoms. The molecule has 48 heavy (non-hydrogen) atoms. The van der Waals surface area contributed by atoms with Crippen LogP contribution >= 0.6 is 11.3 Å². The highest BCUT2D eigenvalue weighted by atomic mass is 32.1. The Morgan fingerprint density at radius 1 is 0.958 bits per heavy atom. The largest absolute Gasteiger partial charge is 0.496 e. The Bertz CT molecular complexity index is 2250. The average Bonchev–Trinajstić information content (AvgIpc) is 3.40. The van der Waals surface area contributed by atoms with Gasteiger partial charge in [-0.1, -0.05) is 72.0 Å². The third-order valence-corrected chi connectivity index (χ3v) is 9.51. The van der Waals surface area contributed by atoms with Gasteiger partial charge in [0.05, 0.1) is 28.5 Å². The molecule has 9 nitrogen and oxygen atoms in total. The summed E-state index contributed by atoms with van der Waals surface area (Å²) in [5.74, 6) is -0.0322. The fourth-order valence-electron chi connectivity index (χ4n) is 6.06. The molecule has 1 aromatic heterocycles. The second-order valence-electron chi connectivity index (χ2n) is 11.3. The van der Waals surface area contributed by atoms with Crippen LogP contribution < -0.4 is 24.4 Å². The molecule has 0 unspecified atom stereocenters. The molecule has 0 bridgehead atoms. The maximum absolute atomic E-state index is 14.5. The first-order valence-electron chi connectivity index (χ1n) is 15.7. The number of fused-ring (bicyclic) bond motifs is 2. The van der Waals surface area contributed by atoms with Gasteiger partial charge in [0.2, 0.25) is 0 Å². The number of carbonyl (C=O) groups excluding carboxylic acids is 1. The number of methoxy groups -OCH3 is 1. The standard InChI is InChI=1S/C38H35N3O6S/c1-5-40(6-2)36(43)32-23(3)39-38-41(34(32)33-28-13-9-7-11-25(28)19-20-30(33)46-4)35(42)31(48-38)21-27-12-8-10-14-29(27)47-22-24-15-17-26(18-16-24)37(44)45/h7-21,34H,5-6,22H2,1-4H3,(H,44,45)/b31-21+/t34-/m0/s1. The maximum atomic E-state index is 14.5. The molecule has 0 radical (unpaired) electrons. The van der Waals surface area contributed by atoms with Crippen molar-refractivity contribution < 1.29 is 24.2 Å². The molecule has 0 aliphatic carbocycles. The average molecular weight is 662 g/mol. The summed E-state index contributed by atoms with van der Waals surface area (Å²) in [6.07, 6.45) is 1.79. The minimum absolute atomic E-state index is 0.175. The Kier molecular flexibility index (Phi) is 9.27. The molecule has 2 heterocycles. The number of aromatic carboxylic acids is 1. The van der Waals surface area contributed by atoms with Crippen molar-refractivity contribution in [2.45, 2.75) is 33.4 Å². The highest BCUT2D eigenvalue weighted by Gasteiger charge is 2.36. The highest BCUT2D eigenvalue weighted by Crippen LogP contribution is 2.40. The minimum Gasteiger partial charge on any atom is -0.496 e. The molecular formula is C38H35N3O6S. The van der Waals surface area contributed by atoms with Crippen molar-refractivity contribution in [1.29, 1.82) is 0 Å². The summed E-state index contributed by atoms with van der Waals surface area (Å²) in [6.45, 7) is 6.93. The second kappa shape index (κ2) is 13.7. The number of likely N-dealkylation sites (N-methyl/N-ethyl adjacent to an activating group) is 1. The number of carboxylic acids is 1. The van der Waals surface area contributed by atoms with Crippen LogP contribution in [-0.4, -0.2) is 46.6 Å². The summed E-state index contributed by atoms with van der Waals surface area (Å²) >= 11 is 1.26. The Morgan fingerprint density at radius 3 is 2.38 bits per heavy atom. The summed E-state index contributed by atoms with van der Waals surface area (Å²) in [5, 5.41) is 11.0. The molecule has 4 aromatic carbocycles. The lowest BCUT2D eigenvalue weighted by Gasteiger charge is -2.30. The predicted molar refractivity (Wildman–Crippen MR) is 186 cm³/mol. The van der Waals surface area contributed by atoms with Gasteiger partial charge in [0.1, 0.15) is 24.1 Å². The smallest absolute Gasteiger partial charge is 0.335 e. The molecule has 6 rings (SSSR count). The monoisotopic (exact) mass is 661 g/mol. The van der Waals surface area contributed by atoms with E-state index >= 15 is 0 Å². The number of rotatable bonds is 10. The molecule has 0 fully saturated rings. The summed E-state index contributed by atoms with van der Waals surface area (Å²) in [6, 6.07) is 24.9. The van der Waals surface area contributed by atoms with Crippen LogP contribution in [0.15, 0.2) is 106 Å². The van der Waals surface area contributed by atoms with E-state index in [4.69, 9.17) is 14.5 Å². The van der Waals surface area contributed by atoms with Gasteiger partial charge in [-0.25, -0.2) is 9.79 Å². The lowest BCUT2D eigenvalue weighted by Crippen LogP contribution is -2.43. The molecule has 1 amide bonds. The van der Waals surface area contributed by atoms with Crippen molar-refractivity contribution in [2.75, 3.05) is 20.2 Å². The van der Waals surface area contributed by atoms with Crippen LogP contribution in [0, 0.1) is 0 Å². The van der Waals surface area contributed by atoms with Gasteiger partial charge in [0, 0.05) is 24.2 Å². The van der Waals surface area contributed by atoms with Crippen molar-refractivity contribution in [2.24, 2.45) is 4.99 Å². The van der Waals surface area contributed by atoms with Gasteiger partial charge in [-0.2, -0.15) is 0 Å². The quantitative estimate of drug-likeness (QED) is 0.211. The van der Waals surface area contributed by atoms with E-state index in [-0.39, 0.29) is 23.6 Å². The van der Waals surface area contributed by atoms with Crippen molar-refractivity contribution in [3.63, 3.8) is 0 Å². The van der Waals surface area contributed by atoms with Crippen LogP contribution in [0.1, 0.15) is 53.9 Å². The zero-order valence-electron chi connectivity index (χ0n) is 27.1. The van der Waals surface area contributed by atoms with E-state index in [0.29, 0.717) is 50.8 Å². The van der Waals surface area contributed by atoms with Gasteiger partial charge < -0.3 is 19.5 Å². The minimum atomic E-state index is -0.991. The van der Waals surface area contributed by atoms with Crippen LogP contribution in [0.25, 0.3) is 16.8 Å². The SMILES string of the molecule is CCN(CC)C(=O)C1=C(C)N=c2s/c(=C/c3ccccc3OCc3ccc(C(=O)O)cc3)c(=O)n2[C@@H]1c1c(OC)ccc2ccccc12. The summed E-state index contributed by atoms with van der Waals surface area (Å²) in [7, 11) is 1.59. The Labute approximate surface area is 281 Å². The molecule has 0 saturated heterocycles. The molecule has 1 atom stereocenters. The second-order valence-corrected chi connectivity index (χ2v) is 12.3. The van der Waals surface area contributed by atoms with E-state index < -0.39 is 12.0 Å². The number of para-hydroxylation sites is 1. The van der Waals surface area contributed by atoms with Crippen LogP contribution in [-0.2, 0) is 11.4 Å². The molecule has 10 heteroatoms. The van der Waals surface area contributed by atoms with Crippen molar-refractivity contribution >= 4 is 40.1 Å². The number of allylic oxidation sites excluding steroid dienone is 1. The molecule has 0 saturated carbocycles. The lowest BCUT2D eigenvalue weighted by molar-refractivity contribution is -0.127. The van der Waals surface area contributed by atoms with E-state index in [1.54, 1.807) is 34.8 Å². The molecule has 1 N–H and O–H groups in total. The summed E-state index contributed by atoms with van der Waals surface area (Å²) in [4.78, 5) is 47.0. The van der Waals surface area contributed by atoms with Crippen LogP contribution in [0.3, 0.4) is 0 Å². The van der Waals surface area contributed by atoms with Crippen molar-refractivity contribution in [1.82, 2.24) is 9.47 Å². The van der Waals surface area contributed by atoms with Gasteiger partial charge in [-0.3, -0.25) is 14.2 Å². The van der Waals surface area contributed by atoms with Gasteiger partial charge >= 0.3 is 5.97 Å². The number of aromatic nitrogens is 1. The molecular weight excluding hydrogens is 627 g/mol. The number of thiazole rings is 1. The van der Waals surface area contributed by atoms with Crippen molar-refractivity contribution in [3.05, 3.63) is 138 Å². The fraction of sp³-hybridized carbons (Fsp3) is 0.211. The van der Waals surface area contributed by atoms with Crippen LogP contribution in [0.5, 0.6) is 11.5 Å². The number of hydrogen-bond acceptors (Lipinski definition) is 7. The van der Waals surface area contributed by atoms with E-state index in [1.165, 1.54) is 23.5 Å². The van der Waals surface area contributed by atoms with Gasteiger partial charge in [-0.15, -0.1) is 0 Å². The number of carboxylic acid groups (broad SMARTS) is 1. The molecule has 5 aromatic rings. The topological polar surface area (TPSA) is 110 Å². The third kappa shape index (κ3) is 6.02. The van der Waals surface area contributed by atoms with Crippen LogP contribution in [0.4, 0.5) is 0 Å². The Morgan fingerprint density at radius 2 is 1.67 bits per heavy atom. The Hall–Kier alpha value is -5.48. The normalized spacial score (nSPS) is 14.4. The van der Waals surface area contributed by atoms with E-state index in [2.05, 4.69) is 0 Å². The van der Waals surface area contributed by atoms with Gasteiger partial charge in [0.25, 0.3) is 11.5 Å². The molecule has 244 valence electrons. The number of ether oxygens (including phenoxy) is 2. The maximum Gasteiger partial charge on any atom is 0.335 e. The highest BCUT2D eigenvalue weighted by molar-refractivity contribution is 7.07. The number of hydrogen-bond donors (Lipinski definition) is 1. The van der Waals surface area contributed by atoms with E-state index in [9.17, 15) is 19.5 Å². The molecule has 1 aliphatic rings. The van der Waals surface area contributed by atoms with Gasteiger partial charge in [0.15, 0.2) is 4.80 Å². The fourth-order valence-corrected chi connectivity index (χ4v) is 7.10. The zero-order chi connectivity index (χ0) is 33.9. The summed E-state index contributed by atoms with van der Waals surface area (Å²) in [5.41, 5.74) is 3.13. The first-order valence-corrected chi connectivity index (χ1v) is 16.5. The first-order chi connectivity index (χ1) is 23.2. The number of benzene rings is 4. The number of amides is 1. The van der Waals surface area contributed by atoms with Crippen LogP contribution in [0.2, 0.25) is 0 Å². The predicted octanol–water partition coefficient (Wildman–Crippen LogP) is 5.54. The number of carbonyl (C=O) groups is 2. The first kappa shape index (κ1) is 32.5. The third-order valence-electron chi connectivity index (χ3n) is 8.53. The van der Waals surface area contributed by atoms with Gasteiger partial charge in [-0.05, 0) is 67.4 Å². The Balaban J connectivity index is 1.50. The lowest BCUT2D eigenvalue weighted by atomic mass is 9.90. The molecule has 1 aliphatic heterocycles. The van der Waals surface area contributed by atoms with E-state index in [0.717, 1.165) is 21.9 Å².